The molecule has 2 aliphatic heterocycles. The molecule has 4 heterocycles. The quantitative estimate of drug-likeness (QED) is 0.183. The van der Waals surface area contributed by atoms with Crippen molar-refractivity contribution in [2.45, 2.75) is 35.5 Å². The Labute approximate surface area is 236 Å². The summed E-state index contributed by atoms with van der Waals surface area (Å²) in [5, 5.41) is 9.75. The van der Waals surface area contributed by atoms with Gasteiger partial charge in [-0.1, -0.05) is 28.6 Å². The Hall–Kier alpha value is -3.17. The molecule has 3 aromatic rings. The van der Waals surface area contributed by atoms with Gasteiger partial charge in [-0.3, -0.25) is 10.1 Å². The lowest BCUT2D eigenvalue weighted by Crippen LogP contribution is -2.25. The highest BCUT2D eigenvalue weighted by Crippen LogP contribution is 2.27. The van der Waals surface area contributed by atoms with Crippen molar-refractivity contribution < 1.29 is 32.3 Å². The predicted molar refractivity (Wildman–Crippen MR) is 150 cm³/mol. The van der Waals surface area contributed by atoms with E-state index in [1.807, 2.05) is 7.05 Å². The molecule has 2 aromatic heterocycles. The summed E-state index contributed by atoms with van der Waals surface area (Å²) in [5.41, 5.74) is 1.00. The number of rotatable bonds is 12. The van der Waals surface area contributed by atoms with Gasteiger partial charge in [0.1, 0.15) is 10.3 Å². The van der Waals surface area contributed by atoms with Gasteiger partial charge in [0.05, 0.1) is 36.6 Å². The van der Waals surface area contributed by atoms with Gasteiger partial charge >= 0.3 is 0 Å². The maximum Gasteiger partial charge on any atom is 0.280 e. The highest BCUT2D eigenvalue weighted by atomic mass is 32.2. The van der Waals surface area contributed by atoms with Gasteiger partial charge in [0, 0.05) is 24.7 Å². The summed E-state index contributed by atoms with van der Waals surface area (Å²) in [7, 11) is -1.66. The lowest BCUT2D eigenvalue weighted by molar-refractivity contribution is -0.110. The number of oxime groups is 1. The molecule has 12 nitrogen and oxygen atoms in total. The van der Waals surface area contributed by atoms with Crippen LogP contribution in [-0.2, 0) is 28.9 Å². The maximum absolute atomic E-state index is 13.4. The predicted octanol–water partition coefficient (Wildman–Crippen LogP) is 2.39. The van der Waals surface area contributed by atoms with E-state index in [1.54, 1.807) is 24.3 Å². The van der Waals surface area contributed by atoms with Crippen LogP contribution >= 0.6 is 11.3 Å². The number of fused-ring (bicyclic) bond motifs is 1. The highest BCUT2D eigenvalue weighted by molar-refractivity contribution is 7.92. The van der Waals surface area contributed by atoms with E-state index in [0.717, 1.165) is 13.0 Å². The zero-order chi connectivity index (χ0) is 28.0. The molecule has 0 bridgehead atoms. The molecule has 40 heavy (non-hydrogen) atoms. The first-order chi connectivity index (χ1) is 19.4. The second-order valence-corrected chi connectivity index (χ2v) is 12.5. The highest BCUT2D eigenvalue weighted by Gasteiger charge is 2.31. The number of carbonyl (C=O) groups is 1. The summed E-state index contributed by atoms with van der Waals surface area (Å²) in [6.07, 6.45) is 1.68. The summed E-state index contributed by atoms with van der Waals surface area (Å²) < 4.78 is 42.1. The van der Waals surface area contributed by atoms with Crippen molar-refractivity contribution in [3.05, 3.63) is 42.0 Å². The van der Waals surface area contributed by atoms with E-state index in [-0.39, 0.29) is 23.3 Å². The Balaban J connectivity index is 1.34. The molecule has 1 amide bonds. The maximum atomic E-state index is 13.4. The van der Waals surface area contributed by atoms with Gasteiger partial charge in [-0.05, 0) is 44.6 Å². The molecule has 0 unspecified atom stereocenters. The SMILES string of the molecule is CNCCCOc1ccc2nc(NC(=O)C(=NO[C@@H]3CCOC3)c3ccc(S(=O)(=O)[C@H]4CCOC4)cc3)sc2n1. The minimum atomic E-state index is -3.54. The second kappa shape index (κ2) is 13.0. The fraction of sp³-hybridized carbons (Fsp3) is 0.462. The first-order valence-corrected chi connectivity index (χ1v) is 15.4. The Morgan fingerprint density at radius 3 is 2.62 bits per heavy atom. The van der Waals surface area contributed by atoms with Gasteiger partial charge in [-0.25, -0.2) is 18.4 Å². The molecule has 2 N–H and O–H groups in total. The van der Waals surface area contributed by atoms with Gasteiger partial charge in [-0.15, -0.1) is 0 Å². The lowest BCUT2D eigenvalue weighted by Gasteiger charge is -2.12. The van der Waals surface area contributed by atoms with Crippen molar-refractivity contribution in [3.63, 3.8) is 0 Å². The Bertz CT molecular complexity index is 1450. The number of benzene rings is 1. The normalized spacial score (nSPS) is 19.7. The summed E-state index contributed by atoms with van der Waals surface area (Å²) >= 11 is 1.21. The van der Waals surface area contributed by atoms with Crippen LogP contribution in [0.3, 0.4) is 0 Å². The molecule has 14 heteroatoms. The third kappa shape index (κ3) is 6.75. The van der Waals surface area contributed by atoms with Gasteiger partial charge < -0.3 is 24.4 Å². The van der Waals surface area contributed by atoms with E-state index in [0.29, 0.717) is 66.2 Å². The molecule has 2 atom stereocenters. The largest absolute Gasteiger partial charge is 0.478 e. The van der Waals surface area contributed by atoms with Crippen molar-refractivity contribution in [3.8, 4) is 5.88 Å². The number of hydrogen-bond acceptors (Lipinski definition) is 12. The monoisotopic (exact) mass is 589 g/mol. The molecular formula is C26H31N5O7S2. The number of hydrogen-bond donors (Lipinski definition) is 2. The van der Waals surface area contributed by atoms with E-state index >= 15 is 0 Å². The van der Waals surface area contributed by atoms with Crippen molar-refractivity contribution in [1.82, 2.24) is 15.3 Å². The number of sulfone groups is 1. The summed E-state index contributed by atoms with van der Waals surface area (Å²) in [6.45, 7) is 2.91. The number of nitrogens with one attached hydrogen (secondary N) is 2. The summed E-state index contributed by atoms with van der Waals surface area (Å²) in [6, 6.07) is 9.58. The van der Waals surface area contributed by atoms with Gasteiger partial charge in [0.15, 0.2) is 26.8 Å². The molecule has 5 rings (SSSR count). The number of nitrogens with zero attached hydrogens (tertiary/aromatic N) is 3. The van der Waals surface area contributed by atoms with Crippen LogP contribution in [0.4, 0.5) is 5.13 Å². The van der Waals surface area contributed by atoms with Crippen LogP contribution in [0.1, 0.15) is 24.8 Å². The zero-order valence-electron chi connectivity index (χ0n) is 22.0. The number of anilines is 1. The third-order valence-electron chi connectivity index (χ3n) is 6.45. The van der Waals surface area contributed by atoms with Gasteiger partial charge in [-0.2, -0.15) is 0 Å². The van der Waals surface area contributed by atoms with E-state index in [4.69, 9.17) is 19.0 Å². The second-order valence-electron chi connectivity index (χ2n) is 9.34. The smallest absolute Gasteiger partial charge is 0.280 e. The standard InChI is InChI=1S/C26H31N5O7S2/c1-27-11-2-12-37-22-8-7-21-25(29-22)39-26(28-21)30-24(32)23(31-38-18-9-13-35-15-18)17-3-5-19(6-4-17)40(33,34)20-10-14-36-16-20/h3-8,18,20,27H,2,9-16H2,1H3,(H,28,30,32)/t18-,20+/m1/s1. The van der Waals surface area contributed by atoms with Crippen molar-refractivity contribution in [1.29, 1.82) is 0 Å². The lowest BCUT2D eigenvalue weighted by atomic mass is 10.1. The number of aromatic nitrogens is 2. The van der Waals surface area contributed by atoms with Crippen LogP contribution in [0.15, 0.2) is 46.4 Å². The number of carbonyl (C=O) groups excluding carboxylic acids is 1. The fourth-order valence-corrected chi connectivity index (χ4v) is 6.62. The molecule has 0 radical (unpaired) electrons. The third-order valence-corrected chi connectivity index (χ3v) is 9.51. The minimum absolute atomic E-state index is 0.0131. The Morgan fingerprint density at radius 1 is 1.10 bits per heavy atom. The zero-order valence-corrected chi connectivity index (χ0v) is 23.6. The Kier molecular flexibility index (Phi) is 9.22. The topological polar surface area (TPSA) is 150 Å². The Morgan fingerprint density at radius 2 is 1.90 bits per heavy atom. The van der Waals surface area contributed by atoms with E-state index in [9.17, 15) is 13.2 Å². The number of pyridine rings is 1. The van der Waals surface area contributed by atoms with Crippen molar-refractivity contribution in [2.24, 2.45) is 5.16 Å². The molecular weight excluding hydrogens is 558 g/mol. The first kappa shape index (κ1) is 28.4. The molecule has 2 aliphatic rings. The van der Waals surface area contributed by atoms with E-state index < -0.39 is 21.0 Å². The number of amides is 1. The summed E-state index contributed by atoms with van der Waals surface area (Å²) in [5.74, 6) is -0.0694. The van der Waals surface area contributed by atoms with Crippen LogP contribution in [0.5, 0.6) is 5.88 Å². The minimum Gasteiger partial charge on any atom is -0.478 e. The molecule has 2 saturated heterocycles. The van der Waals surface area contributed by atoms with Crippen LogP contribution in [0.2, 0.25) is 0 Å². The summed E-state index contributed by atoms with van der Waals surface area (Å²) in [4.78, 5) is 28.7. The van der Waals surface area contributed by atoms with E-state index in [1.165, 1.54) is 23.5 Å². The molecule has 1 aromatic carbocycles. The fourth-order valence-electron chi connectivity index (χ4n) is 4.22. The van der Waals surface area contributed by atoms with Crippen LogP contribution in [0.25, 0.3) is 10.3 Å². The average molecular weight is 590 g/mol. The molecule has 0 spiro atoms. The van der Waals surface area contributed by atoms with Crippen molar-refractivity contribution >= 4 is 48.3 Å². The number of ether oxygens (including phenoxy) is 3. The van der Waals surface area contributed by atoms with Crippen molar-refractivity contribution in [2.75, 3.05) is 51.9 Å². The van der Waals surface area contributed by atoms with Gasteiger partial charge in [0.25, 0.3) is 5.91 Å². The molecule has 2 fully saturated rings. The van der Waals surface area contributed by atoms with E-state index in [2.05, 4.69) is 25.8 Å². The first-order valence-electron chi connectivity index (χ1n) is 13.0. The van der Waals surface area contributed by atoms with Crippen LogP contribution < -0.4 is 15.4 Å². The molecule has 0 aliphatic carbocycles. The van der Waals surface area contributed by atoms with Gasteiger partial charge in [0.2, 0.25) is 5.88 Å². The van der Waals surface area contributed by atoms with Crippen LogP contribution in [-0.4, -0.2) is 88.0 Å². The average Bonchev–Trinajstić information content (AvgIpc) is 3.74. The van der Waals surface area contributed by atoms with Crippen LogP contribution in [0, 0.1) is 0 Å². The molecule has 214 valence electrons. The molecule has 0 saturated carbocycles. The number of thiazole rings is 1.